The van der Waals surface area contributed by atoms with Crippen molar-refractivity contribution in [3.05, 3.63) is 52.3 Å². The predicted octanol–water partition coefficient (Wildman–Crippen LogP) is 2.34. The Morgan fingerprint density at radius 1 is 1.15 bits per heavy atom. The molecule has 146 valence electrons. The van der Waals surface area contributed by atoms with Crippen LogP contribution in [-0.2, 0) is 19.6 Å². The summed E-state index contributed by atoms with van der Waals surface area (Å²) in [4.78, 5) is 26.9. The molecule has 2 aromatic rings. The summed E-state index contributed by atoms with van der Waals surface area (Å²) in [5.74, 6) is -1.22. The van der Waals surface area contributed by atoms with Crippen LogP contribution < -0.4 is 4.72 Å². The summed E-state index contributed by atoms with van der Waals surface area (Å²) in [6, 6.07) is 4.01. The van der Waals surface area contributed by atoms with Crippen molar-refractivity contribution in [1.29, 1.82) is 0 Å². The van der Waals surface area contributed by atoms with Crippen molar-refractivity contribution < 1.29 is 22.7 Å². The second-order valence-corrected chi connectivity index (χ2v) is 8.20. The van der Waals surface area contributed by atoms with E-state index in [4.69, 9.17) is 4.74 Å². The number of aryl methyl sites for hydroxylation is 2. The van der Waals surface area contributed by atoms with Crippen molar-refractivity contribution in [2.75, 3.05) is 6.61 Å². The summed E-state index contributed by atoms with van der Waals surface area (Å²) in [6.45, 7) is 8.05. The zero-order chi connectivity index (χ0) is 20.4. The van der Waals surface area contributed by atoms with Crippen molar-refractivity contribution in [3.8, 4) is 0 Å². The number of aromatic amines is 1. The van der Waals surface area contributed by atoms with Gasteiger partial charge in [0, 0.05) is 6.20 Å². The van der Waals surface area contributed by atoms with Crippen LogP contribution in [0.2, 0.25) is 0 Å². The average Bonchev–Trinajstić information content (AvgIpc) is 3.11. The fraction of sp³-hybridized carbons (Fsp3) is 0.368. The number of sulfonamides is 1. The maximum Gasteiger partial charge on any atom is 0.324 e. The van der Waals surface area contributed by atoms with Gasteiger partial charge in [-0.3, -0.25) is 9.59 Å². The molecule has 0 unspecified atom stereocenters. The van der Waals surface area contributed by atoms with E-state index in [1.165, 1.54) is 6.92 Å². The van der Waals surface area contributed by atoms with Gasteiger partial charge in [0.2, 0.25) is 15.8 Å². The Morgan fingerprint density at radius 3 is 2.26 bits per heavy atom. The number of hydrogen-bond acceptors (Lipinski definition) is 5. The van der Waals surface area contributed by atoms with E-state index in [1.807, 2.05) is 19.9 Å². The molecule has 0 bridgehead atoms. The third-order valence-electron chi connectivity index (χ3n) is 4.50. The number of carbonyl (C=O) groups excluding carboxylic acids is 2. The topological polar surface area (TPSA) is 105 Å². The van der Waals surface area contributed by atoms with Crippen LogP contribution in [0.5, 0.6) is 0 Å². The Labute approximate surface area is 159 Å². The minimum absolute atomic E-state index is 0.169. The van der Waals surface area contributed by atoms with Gasteiger partial charge in [0.05, 0.1) is 10.6 Å². The van der Waals surface area contributed by atoms with Crippen molar-refractivity contribution in [3.63, 3.8) is 0 Å². The Bertz CT molecular complexity index is 936. The van der Waals surface area contributed by atoms with Gasteiger partial charge in [-0.25, -0.2) is 8.42 Å². The van der Waals surface area contributed by atoms with E-state index >= 15 is 0 Å². The molecule has 27 heavy (non-hydrogen) atoms. The lowest BCUT2D eigenvalue weighted by atomic mass is 10.0. The first-order chi connectivity index (χ1) is 12.5. The zero-order valence-corrected chi connectivity index (χ0v) is 16.9. The predicted molar refractivity (Wildman–Crippen MR) is 101 cm³/mol. The summed E-state index contributed by atoms with van der Waals surface area (Å²) in [5.41, 5.74) is 3.29. The standard InChI is InChI=1S/C19H24N2O5S/c1-11-9-12(2)14(4)18(13(11)3)27(24,25)21-15(5)19(23)26-10-17(22)16-7-6-8-20-16/h6-9,15,20-21H,10H2,1-5H3/t15-/m0/s1. The van der Waals surface area contributed by atoms with Gasteiger partial charge in [0.1, 0.15) is 6.04 Å². The smallest absolute Gasteiger partial charge is 0.324 e. The number of ketones is 1. The van der Waals surface area contributed by atoms with Gasteiger partial charge in [0.15, 0.2) is 6.61 Å². The van der Waals surface area contributed by atoms with E-state index < -0.39 is 34.4 Å². The quantitative estimate of drug-likeness (QED) is 0.556. The highest BCUT2D eigenvalue weighted by atomic mass is 32.2. The molecule has 0 fully saturated rings. The van der Waals surface area contributed by atoms with E-state index in [9.17, 15) is 18.0 Å². The molecule has 2 rings (SSSR count). The first kappa shape index (κ1) is 20.9. The number of H-pyrrole nitrogens is 1. The van der Waals surface area contributed by atoms with Gasteiger partial charge in [-0.05, 0) is 69.0 Å². The van der Waals surface area contributed by atoms with Crippen LogP contribution in [0.25, 0.3) is 0 Å². The minimum atomic E-state index is -3.93. The lowest BCUT2D eigenvalue weighted by Crippen LogP contribution is -2.40. The van der Waals surface area contributed by atoms with Crippen LogP contribution >= 0.6 is 0 Å². The summed E-state index contributed by atoms with van der Waals surface area (Å²) in [7, 11) is -3.93. The monoisotopic (exact) mass is 392 g/mol. The van der Waals surface area contributed by atoms with E-state index in [0.717, 1.165) is 11.1 Å². The molecule has 0 aliphatic carbocycles. The van der Waals surface area contributed by atoms with Crippen molar-refractivity contribution in [1.82, 2.24) is 9.71 Å². The number of Topliss-reactive ketones (excluding diaryl/α,β-unsaturated/α-hetero) is 1. The molecule has 1 heterocycles. The first-order valence-corrected chi connectivity index (χ1v) is 9.96. The van der Waals surface area contributed by atoms with Gasteiger partial charge in [-0.1, -0.05) is 6.07 Å². The van der Waals surface area contributed by atoms with Crippen LogP contribution in [0.3, 0.4) is 0 Å². The van der Waals surface area contributed by atoms with Crippen molar-refractivity contribution in [2.24, 2.45) is 0 Å². The Hall–Kier alpha value is -2.45. The normalized spacial score (nSPS) is 12.6. The maximum atomic E-state index is 12.8. The highest BCUT2D eigenvalue weighted by molar-refractivity contribution is 7.89. The molecule has 1 aromatic carbocycles. The molecule has 0 spiro atoms. The molecule has 0 saturated heterocycles. The van der Waals surface area contributed by atoms with Gasteiger partial charge >= 0.3 is 5.97 Å². The third-order valence-corrected chi connectivity index (χ3v) is 6.31. The van der Waals surface area contributed by atoms with Crippen LogP contribution in [0.4, 0.5) is 0 Å². The van der Waals surface area contributed by atoms with Crippen molar-refractivity contribution in [2.45, 2.75) is 45.6 Å². The zero-order valence-electron chi connectivity index (χ0n) is 16.0. The molecular weight excluding hydrogens is 368 g/mol. The van der Waals surface area contributed by atoms with Gasteiger partial charge in [0.25, 0.3) is 0 Å². The SMILES string of the molecule is Cc1cc(C)c(C)c(S(=O)(=O)N[C@@H](C)C(=O)OCC(=O)c2ccc[nH]2)c1C. The highest BCUT2D eigenvalue weighted by Gasteiger charge is 2.27. The lowest BCUT2D eigenvalue weighted by Gasteiger charge is -2.18. The van der Waals surface area contributed by atoms with Crippen molar-refractivity contribution >= 4 is 21.8 Å². The summed E-state index contributed by atoms with van der Waals surface area (Å²) in [5, 5.41) is 0. The molecule has 1 atom stereocenters. The number of rotatable bonds is 7. The van der Waals surface area contributed by atoms with E-state index in [1.54, 1.807) is 32.2 Å². The van der Waals surface area contributed by atoms with Gasteiger partial charge in [-0.15, -0.1) is 0 Å². The van der Waals surface area contributed by atoms with Crippen LogP contribution in [0.1, 0.15) is 39.7 Å². The fourth-order valence-electron chi connectivity index (χ4n) is 2.77. The molecule has 0 amide bonds. The number of aromatic nitrogens is 1. The first-order valence-electron chi connectivity index (χ1n) is 8.47. The molecule has 1 aromatic heterocycles. The molecule has 7 nitrogen and oxygen atoms in total. The Morgan fingerprint density at radius 2 is 1.74 bits per heavy atom. The number of esters is 1. The number of carbonyl (C=O) groups is 2. The number of ether oxygens (including phenoxy) is 1. The van der Waals surface area contributed by atoms with Crippen LogP contribution in [0, 0.1) is 27.7 Å². The molecule has 8 heteroatoms. The second-order valence-electron chi connectivity index (χ2n) is 6.55. The third kappa shape index (κ3) is 4.64. The number of nitrogens with one attached hydrogen (secondary N) is 2. The maximum absolute atomic E-state index is 12.8. The largest absolute Gasteiger partial charge is 0.456 e. The lowest BCUT2D eigenvalue weighted by molar-refractivity contribution is -0.144. The molecule has 0 radical (unpaired) electrons. The molecule has 0 aliphatic rings. The summed E-state index contributed by atoms with van der Waals surface area (Å²) >= 11 is 0. The van der Waals surface area contributed by atoms with Gasteiger partial charge in [-0.2, -0.15) is 4.72 Å². The average molecular weight is 392 g/mol. The number of hydrogen-bond donors (Lipinski definition) is 2. The van der Waals surface area contributed by atoms with E-state index in [0.29, 0.717) is 16.8 Å². The van der Waals surface area contributed by atoms with E-state index in [-0.39, 0.29) is 4.90 Å². The van der Waals surface area contributed by atoms with Crippen LogP contribution in [0.15, 0.2) is 29.3 Å². The molecule has 0 saturated carbocycles. The minimum Gasteiger partial charge on any atom is -0.456 e. The number of benzene rings is 1. The molecular formula is C19H24N2O5S. The summed E-state index contributed by atoms with van der Waals surface area (Å²) in [6.07, 6.45) is 1.58. The Kier molecular flexibility index (Phi) is 6.22. The fourth-order valence-corrected chi connectivity index (χ4v) is 4.57. The second kappa shape index (κ2) is 8.06. The molecule has 0 aliphatic heterocycles. The highest BCUT2D eigenvalue weighted by Crippen LogP contribution is 2.26. The van der Waals surface area contributed by atoms with Gasteiger partial charge < -0.3 is 9.72 Å². The molecule has 2 N–H and O–H groups in total. The van der Waals surface area contributed by atoms with Crippen LogP contribution in [-0.4, -0.2) is 37.8 Å². The summed E-state index contributed by atoms with van der Waals surface area (Å²) < 4.78 is 32.9. The van der Waals surface area contributed by atoms with E-state index in [2.05, 4.69) is 9.71 Å². The Balaban J connectivity index is 2.11.